The number of nitrogens with zero attached hydrogens (tertiary/aromatic N) is 3. The highest BCUT2D eigenvalue weighted by molar-refractivity contribution is 6.16. The second-order valence-corrected chi connectivity index (χ2v) is 5.12. The summed E-state index contributed by atoms with van der Waals surface area (Å²) in [6, 6.07) is 0.555. The molecule has 4 nitrogen and oxygen atoms in total. The van der Waals surface area contributed by atoms with E-state index in [4.69, 9.17) is 16.3 Å². The van der Waals surface area contributed by atoms with Crippen molar-refractivity contribution in [2.45, 2.75) is 50.1 Å². The minimum Gasteiger partial charge on any atom is -0.367 e. The Kier molecular flexibility index (Phi) is 2.44. The summed E-state index contributed by atoms with van der Waals surface area (Å²) < 4.78 is 8.04. The van der Waals surface area contributed by atoms with Crippen LogP contribution in [0.3, 0.4) is 0 Å². The van der Waals surface area contributed by atoms with Gasteiger partial charge in [-0.1, -0.05) is 0 Å². The van der Waals surface area contributed by atoms with Crippen LogP contribution in [0.15, 0.2) is 0 Å². The van der Waals surface area contributed by atoms with Gasteiger partial charge in [-0.05, 0) is 32.6 Å². The SMILES string of the molecule is CC1(c2nnc(CCl)n2C2CC2)CCCO1. The van der Waals surface area contributed by atoms with Crippen LogP contribution in [0, 0.1) is 0 Å². The molecule has 0 aromatic carbocycles. The zero-order valence-corrected chi connectivity index (χ0v) is 10.2. The van der Waals surface area contributed by atoms with Crippen molar-refractivity contribution in [1.29, 1.82) is 0 Å². The monoisotopic (exact) mass is 241 g/mol. The first-order chi connectivity index (χ1) is 7.74. The van der Waals surface area contributed by atoms with Gasteiger partial charge in [-0.2, -0.15) is 0 Å². The van der Waals surface area contributed by atoms with Crippen molar-refractivity contribution >= 4 is 11.6 Å². The molecule has 0 radical (unpaired) electrons. The van der Waals surface area contributed by atoms with Crippen molar-refractivity contribution in [2.24, 2.45) is 0 Å². The van der Waals surface area contributed by atoms with Crippen molar-refractivity contribution in [3.63, 3.8) is 0 Å². The number of hydrogen-bond acceptors (Lipinski definition) is 3. The van der Waals surface area contributed by atoms with Gasteiger partial charge in [-0.3, -0.25) is 0 Å². The molecule has 1 saturated carbocycles. The summed E-state index contributed by atoms with van der Waals surface area (Å²) in [5.41, 5.74) is -0.250. The summed E-state index contributed by atoms with van der Waals surface area (Å²) in [6.45, 7) is 2.94. The second-order valence-electron chi connectivity index (χ2n) is 4.86. The maximum absolute atomic E-state index is 5.91. The Morgan fingerprint density at radius 3 is 2.88 bits per heavy atom. The van der Waals surface area contributed by atoms with E-state index in [1.807, 2.05) is 0 Å². The van der Waals surface area contributed by atoms with Gasteiger partial charge in [-0.25, -0.2) is 0 Å². The molecule has 1 saturated heterocycles. The van der Waals surface area contributed by atoms with Crippen LogP contribution in [0.2, 0.25) is 0 Å². The fourth-order valence-corrected chi connectivity index (χ4v) is 2.63. The highest BCUT2D eigenvalue weighted by atomic mass is 35.5. The first-order valence-electron chi connectivity index (χ1n) is 5.89. The van der Waals surface area contributed by atoms with E-state index in [0.29, 0.717) is 11.9 Å². The molecule has 1 atom stereocenters. The molecule has 3 rings (SSSR count). The van der Waals surface area contributed by atoms with Crippen molar-refractivity contribution in [1.82, 2.24) is 14.8 Å². The molecule has 88 valence electrons. The van der Waals surface area contributed by atoms with Gasteiger partial charge in [0.15, 0.2) is 5.82 Å². The predicted molar refractivity (Wildman–Crippen MR) is 60.4 cm³/mol. The third-order valence-corrected chi connectivity index (χ3v) is 3.73. The lowest BCUT2D eigenvalue weighted by Crippen LogP contribution is -2.25. The van der Waals surface area contributed by atoms with E-state index in [1.54, 1.807) is 0 Å². The van der Waals surface area contributed by atoms with Crippen molar-refractivity contribution in [2.75, 3.05) is 6.61 Å². The van der Waals surface area contributed by atoms with Crippen LogP contribution in [-0.2, 0) is 16.2 Å². The summed E-state index contributed by atoms with van der Waals surface area (Å²) in [4.78, 5) is 0. The first kappa shape index (κ1) is 10.5. The van der Waals surface area contributed by atoms with Crippen LogP contribution in [0.4, 0.5) is 0 Å². The van der Waals surface area contributed by atoms with Crippen LogP contribution >= 0.6 is 11.6 Å². The summed E-state index contributed by atoms with van der Waals surface area (Å²) in [6.07, 6.45) is 4.56. The van der Waals surface area contributed by atoms with E-state index < -0.39 is 0 Å². The standard InChI is InChI=1S/C11H16ClN3O/c1-11(5-2-6-16-11)10-14-13-9(7-12)15(10)8-3-4-8/h8H,2-7H2,1H3. The van der Waals surface area contributed by atoms with Crippen LogP contribution in [-0.4, -0.2) is 21.4 Å². The molecule has 0 spiro atoms. The maximum atomic E-state index is 5.91. The molecular weight excluding hydrogens is 226 g/mol. The summed E-state index contributed by atoms with van der Waals surface area (Å²) in [7, 11) is 0. The van der Waals surface area contributed by atoms with Gasteiger partial charge in [0, 0.05) is 12.6 Å². The summed E-state index contributed by atoms with van der Waals surface area (Å²) in [5.74, 6) is 2.29. The predicted octanol–water partition coefficient (Wildman–Crippen LogP) is 2.38. The highest BCUT2D eigenvalue weighted by Crippen LogP contribution is 2.42. The number of rotatable bonds is 3. The van der Waals surface area contributed by atoms with E-state index in [1.165, 1.54) is 12.8 Å². The fourth-order valence-electron chi connectivity index (χ4n) is 2.45. The van der Waals surface area contributed by atoms with Crippen molar-refractivity contribution in [3.05, 3.63) is 11.6 Å². The molecule has 2 heterocycles. The quantitative estimate of drug-likeness (QED) is 0.763. The van der Waals surface area contributed by atoms with E-state index >= 15 is 0 Å². The molecule has 2 fully saturated rings. The largest absolute Gasteiger partial charge is 0.367 e. The summed E-state index contributed by atoms with van der Waals surface area (Å²) >= 11 is 5.91. The molecular formula is C11H16ClN3O. The van der Waals surface area contributed by atoms with Crippen LogP contribution in [0.25, 0.3) is 0 Å². The van der Waals surface area contributed by atoms with Gasteiger partial charge >= 0.3 is 0 Å². The van der Waals surface area contributed by atoms with Crippen molar-refractivity contribution < 1.29 is 4.74 Å². The van der Waals surface area contributed by atoms with Gasteiger partial charge in [-0.15, -0.1) is 21.8 Å². The third kappa shape index (κ3) is 1.55. The van der Waals surface area contributed by atoms with Crippen LogP contribution in [0.1, 0.15) is 50.3 Å². The van der Waals surface area contributed by atoms with Gasteiger partial charge in [0.25, 0.3) is 0 Å². The van der Waals surface area contributed by atoms with E-state index in [0.717, 1.165) is 31.1 Å². The minimum absolute atomic E-state index is 0.250. The number of aromatic nitrogens is 3. The lowest BCUT2D eigenvalue weighted by molar-refractivity contribution is 0.00604. The normalized spacial score (nSPS) is 29.9. The second kappa shape index (κ2) is 3.70. The average Bonchev–Trinajstić information content (AvgIpc) is 2.87. The van der Waals surface area contributed by atoms with E-state index in [2.05, 4.69) is 21.7 Å². The zero-order chi connectivity index (χ0) is 11.2. The molecule has 0 N–H and O–H groups in total. The Morgan fingerprint density at radius 2 is 2.31 bits per heavy atom. The van der Waals surface area contributed by atoms with Gasteiger partial charge in [0.1, 0.15) is 11.4 Å². The number of halogens is 1. The lowest BCUT2D eigenvalue weighted by Gasteiger charge is -2.23. The maximum Gasteiger partial charge on any atom is 0.165 e. The smallest absolute Gasteiger partial charge is 0.165 e. The molecule has 1 aromatic rings. The molecule has 0 bridgehead atoms. The number of ether oxygens (including phenoxy) is 1. The summed E-state index contributed by atoms with van der Waals surface area (Å²) in [5, 5.41) is 8.49. The Bertz CT molecular complexity index is 394. The van der Waals surface area contributed by atoms with Gasteiger partial charge in [0.05, 0.1) is 5.88 Å². The average molecular weight is 242 g/mol. The van der Waals surface area contributed by atoms with Crippen LogP contribution < -0.4 is 0 Å². The highest BCUT2D eigenvalue weighted by Gasteiger charge is 2.40. The lowest BCUT2D eigenvalue weighted by atomic mass is 10.0. The molecule has 5 heteroatoms. The van der Waals surface area contributed by atoms with E-state index in [9.17, 15) is 0 Å². The van der Waals surface area contributed by atoms with E-state index in [-0.39, 0.29) is 5.60 Å². The fraction of sp³-hybridized carbons (Fsp3) is 0.818. The third-order valence-electron chi connectivity index (χ3n) is 3.49. The van der Waals surface area contributed by atoms with Gasteiger partial charge < -0.3 is 9.30 Å². The molecule has 16 heavy (non-hydrogen) atoms. The molecule has 1 unspecified atom stereocenters. The Labute approximate surface area is 99.9 Å². The molecule has 1 aliphatic carbocycles. The molecule has 2 aliphatic rings. The number of alkyl halides is 1. The zero-order valence-electron chi connectivity index (χ0n) is 9.45. The Morgan fingerprint density at radius 1 is 1.50 bits per heavy atom. The number of hydrogen-bond donors (Lipinski definition) is 0. The topological polar surface area (TPSA) is 39.9 Å². The van der Waals surface area contributed by atoms with Crippen LogP contribution in [0.5, 0.6) is 0 Å². The molecule has 1 aromatic heterocycles. The molecule has 1 aliphatic heterocycles. The van der Waals surface area contributed by atoms with Gasteiger partial charge in [0.2, 0.25) is 0 Å². The first-order valence-corrected chi connectivity index (χ1v) is 6.42. The van der Waals surface area contributed by atoms with Crippen molar-refractivity contribution in [3.8, 4) is 0 Å². The molecule has 0 amide bonds. The Hall–Kier alpha value is -0.610. The Balaban J connectivity index is 2.02. The minimum atomic E-state index is -0.250.